The van der Waals surface area contributed by atoms with Gasteiger partial charge in [0.2, 0.25) is 5.91 Å². The van der Waals surface area contributed by atoms with Crippen LogP contribution >= 0.6 is 0 Å². The maximum atomic E-state index is 12.2. The molecule has 1 aliphatic rings. The van der Waals surface area contributed by atoms with E-state index in [0.717, 1.165) is 4.90 Å². The summed E-state index contributed by atoms with van der Waals surface area (Å²) in [7, 11) is 0. The largest absolute Gasteiger partial charge is 0.334 e. The van der Waals surface area contributed by atoms with Crippen molar-refractivity contribution in [3.63, 3.8) is 0 Å². The topological polar surface area (TPSA) is 73.2 Å². The summed E-state index contributed by atoms with van der Waals surface area (Å²) < 4.78 is 0. The zero-order chi connectivity index (χ0) is 14.9. The molecule has 104 valence electrons. The van der Waals surface area contributed by atoms with Gasteiger partial charge in [-0.2, -0.15) is 5.26 Å². The summed E-state index contributed by atoms with van der Waals surface area (Å²) in [5, 5.41) is 11.6. The van der Waals surface area contributed by atoms with Crippen molar-refractivity contribution in [3.8, 4) is 6.07 Å². The first kappa shape index (κ1) is 14.1. The lowest BCUT2D eigenvalue weighted by atomic mass is 9.83. The Hall–Kier alpha value is -2.35. The number of amides is 3. The molecule has 3 amide bonds. The molecule has 20 heavy (non-hydrogen) atoms. The Balaban J connectivity index is 2.24. The lowest BCUT2D eigenvalue weighted by Crippen LogP contribution is -2.58. The molecule has 1 aliphatic heterocycles. The van der Waals surface area contributed by atoms with Crippen LogP contribution in [0.4, 0.5) is 10.5 Å². The monoisotopic (exact) mass is 271 g/mol. The number of rotatable bonds is 1. The second kappa shape index (κ2) is 4.97. The average molecular weight is 271 g/mol. The highest BCUT2D eigenvalue weighted by atomic mass is 16.2. The van der Waals surface area contributed by atoms with Crippen LogP contribution in [0.25, 0.3) is 0 Å². The SMILES string of the molecule is CC(C)(C)C1CC(=O)N(c2ccc(C#N)cc2)C(=O)N1. The van der Waals surface area contributed by atoms with Gasteiger partial charge in [0.1, 0.15) is 0 Å². The molecule has 1 heterocycles. The molecular weight excluding hydrogens is 254 g/mol. The van der Waals surface area contributed by atoms with Crippen molar-refractivity contribution in [2.45, 2.75) is 33.2 Å². The van der Waals surface area contributed by atoms with Gasteiger partial charge in [-0.15, -0.1) is 0 Å². The molecule has 5 heteroatoms. The first-order valence-corrected chi connectivity index (χ1v) is 6.46. The van der Waals surface area contributed by atoms with Crippen molar-refractivity contribution in [2.24, 2.45) is 5.41 Å². The summed E-state index contributed by atoms with van der Waals surface area (Å²) in [6.07, 6.45) is 0.273. The molecule has 0 saturated carbocycles. The van der Waals surface area contributed by atoms with Gasteiger partial charge in [0.15, 0.2) is 0 Å². The van der Waals surface area contributed by atoms with Crippen LogP contribution in [0, 0.1) is 16.7 Å². The van der Waals surface area contributed by atoms with Gasteiger partial charge in [-0.25, -0.2) is 9.69 Å². The summed E-state index contributed by atoms with van der Waals surface area (Å²) in [5.74, 6) is -0.224. The second-order valence-electron chi connectivity index (χ2n) is 5.96. The van der Waals surface area contributed by atoms with Crippen LogP contribution in [0.1, 0.15) is 32.8 Å². The fourth-order valence-electron chi connectivity index (χ4n) is 2.11. The van der Waals surface area contributed by atoms with Gasteiger partial charge in [-0.05, 0) is 29.7 Å². The standard InChI is InChI=1S/C15H17N3O2/c1-15(2,3)12-8-13(19)18(14(20)17-12)11-6-4-10(9-16)5-7-11/h4-7,12H,8H2,1-3H3,(H,17,20). The number of nitrogens with zero attached hydrogens (tertiary/aromatic N) is 2. The quantitative estimate of drug-likeness (QED) is 0.852. The van der Waals surface area contributed by atoms with E-state index in [-0.39, 0.29) is 23.8 Å². The van der Waals surface area contributed by atoms with Gasteiger partial charge in [0, 0.05) is 12.5 Å². The number of carbonyl (C=O) groups excluding carboxylic acids is 2. The Morgan fingerprint density at radius 1 is 1.25 bits per heavy atom. The maximum Gasteiger partial charge on any atom is 0.328 e. The zero-order valence-corrected chi connectivity index (χ0v) is 11.8. The van der Waals surface area contributed by atoms with E-state index in [1.807, 2.05) is 26.8 Å². The summed E-state index contributed by atoms with van der Waals surface area (Å²) >= 11 is 0. The third kappa shape index (κ3) is 2.64. The molecule has 1 aromatic carbocycles. The van der Waals surface area contributed by atoms with Crippen molar-refractivity contribution in [3.05, 3.63) is 29.8 Å². The van der Waals surface area contributed by atoms with E-state index in [9.17, 15) is 9.59 Å². The van der Waals surface area contributed by atoms with E-state index >= 15 is 0 Å². The minimum Gasteiger partial charge on any atom is -0.334 e. The van der Waals surface area contributed by atoms with Crippen molar-refractivity contribution < 1.29 is 9.59 Å². The maximum absolute atomic E-state index is 12.2. The van der Waals surface area contributed by atoms with E-state index in [2.05, 4.69) is 5.32 Å². The highest BCUT2D eigenvalue weighted by Crippen LogP contribution is 2.27. The molecule has 0 radical (unpaired) electrons. The molecule has 0 spiro atoms. The van der Waals surface area contributed by atoms with Crippen molar-refractivity contribution in [1.82, 2.24) is 5.32 Å². The Morgan fingerprint density at radius 3 is 2.30 bits per heavy atom. The molecule has 0 aliphatic carbocycles. The highest BCUT2D eigenvalue weighted by Gasteiger charge is 2.38. The minimum atomic E-state index is -0.411. The van der Waals surface area contributed by atoms with Crippen LogP contribution in [0.15, 0.2) is 24.3 Å². The van der Waals surface area contributed by atoms with Crippen molar-refractivity contribution >= 4 is 17.6 Å². The Morgan fingerprint density at radius 2 is 1.85 bits per heavy atom. The van der Waals surface area contributed by atoms with Gasteiger partial charge in [0.05, 0.1) is 17.3 Å². The first-order valence-electron chi connectivity index (χ1n) is 6.46. The summed E-state index contributed by atoms with van der Waals surface area (Å²) in [6.45, 7) is 5.97. The van der Waals surface area contributed by atoms with Gasteiger partial charge < -0.3 is 5.32 Å². The minimum absolute atomic E-state index is 0.165. The summed E-state index contributed by atoms with van der Waals surface area (Å²) in [5.41, 5.74) is 0.812. The van der Waals surface area contributed by atoms with Crippen LogP contribution < -0.4 is 10.2 Å². The van der Waals surface area contributed by atoms with Crippen molar-refractivity contribution in [1.29, 1.82) is 5.26 Å². The zero-order valence-electron chi connectivity index (χ0n) is 11.8. The number of benzene rings is 1. The van der Waals surface area contributed by atoms with Gasteiger partial charge in [-0.1, -0.05) is 20.8 Å². The van der Waals surface area contributed by atoms with E-state index in [1.165, 1.54) is 0 Å². The number of nitrogens with one attached hydrogen (secondary N) is 1. The number of nitriles is 1. The number of anilines is 1. The van der Waals surface area contributed by atoms with Gasteiger partial charge >= 0.3 is 6.03 Å². The molecule has 1 unspecified atom stereocenters. The molecular formula is C15H17N3O2. The lowest BCUT2D eigenvalue weighted by molar-refractivity contribution is -0.119. The smallest absolute Gasteiger partial charge is 0.328 e. The summed E-state index contributed by atoms with van der Waals surface area (Å²) in [6, 6.07) is 7.81. The fourth-order valence-corrected chi connectivity index (χ4v) is 2.11. The fraction of sp³-hybridized carbons (Fsp3) is 0.400. The molecule has 1 aromatic rings. The molecule has 1 N–H and O–H groups in total. The van der Waals surface area contributed by atoms with Crippen LogP contribution in [0.3, 0.4) is 0 Å². The second-order valence-corrected chi connectivity index (χ2v) is 5.96. The molecule has 5 nitrogen and oxygen atoms in total. The summed E-state index contributed by atoms with van der Waals surface area (Å²) in [4.78, 5) is 25.5. The molecule has 1 saturated heterocycles. The Bertz CT molecular complexity index is 561. The van der Waals surface area contributed by atoms with E-state index in [0.29, 0.717) is 11.3 Å². The third-order valence-corrected chi connectivity index (χ3v) is 3.43. The number of hydrogen-bond acceptors (Lipinski definition) is 3. The normalized spacial score (nSPS) is 19.5. The van der Waals surface area contributed by atoms with Crippen LogP contribution in [-0.4, -0.2) is 18.0 Å². The molecule has 1 fully saturated rings. The Kier molecular flexibility index (Phi) is 3.49. The number of hydrogen-bond donors (Lipinski definition) is 1. The molecule has 0 aromatic heterocycles. The first-order chi connectivity index (χ1) is 9.32. The predicted octanol–water partition coefficient (Wildman–Crippen LogP) is 2.42. The highest BCUT2D eigenvalue weighted by molar-refractivity contribution is 6.16. The van der Waals surface area contributed by atoms with Crippen LogP contribution in [0.5, 0.6) is 0 Å². The van der Waals surface area contributed by atoms with Crippen LogP contribution in [-0.2, 0) is 4.79 Å². The number of imide groups is 1. The average Bonchev–Trinajstić information content (AvgIpc) is 2.37. The predicted molar refractivity (Wildman–Crippen MR) is 75.0 cm³/mol. The van der Waals surface area contributed by atoms with E-state index in [1.54, 1.807) is 24.3 Å². The van der Waals surface area contributed by atoms with Crippen molar-refractivity contribution in [2.75, 3.05) is 4.90 Å². The molecule has 2 rings (SSSR count). The molecule has 1 atom stereocenters. The van der Waals surface area contributed by atoms with Crippen LogP contribution in [0.2, 0.25) is 0 Å². The molecule has 0 bridgehead atoms. The van der Waals surface area contributed by atoms with E-state index < -0.39 is 6.03 Å². The van der Waals surface area contributed by atoms with Gasteiger partial charge in [0.25, 0.3) is 0 Å². The number of carbonyl (C=O) groups is 2. The lowest BCUT2D eigenvalue weighted by Gasteiger charge is -2.38. The van der Waals surface area contributed by atoms with E-state index in [4.69, 9.17) is 5.26 Å². The van der Waals surface area contributed by atoms with Gasteiger partial charge in [-0.3, -0.25) is 4.79 Å². The Labute approximate surface area is 118 Å². The third-order valence-electron chi connectivity index (χ3n) is 3.43. The number of urea groups is 1.